The van der Waals surface area contributed by atoms with E-state index >= 15 is 0 Å². The van der Waals surface area contributed by atoms with Crippen molar-refractivity contribution in [3.8, 4) is 11.8 Å². The second-order valence-corrected chi connectivity index (χ2v) is 6.10. The first-order valence-corrected chi connectivity index (χ1v) is 8.31. The van der Waals surface area contributed by atoms with Crippen LogP contribution in [-0.4, -0.2) is 34.5 Å². The van der Waals surface area contributed by atoms with E-state index in [0.29, 0.717) is 6.01 Å². The maximum absolute atomic E-state index is 5.82. The van der Waals surface area contributed by atoms with E-state index in [2.05, 4.69) is 27.0 Å². The summed E-state index contributed by atoms with van der Waals surface area (Å²) in [6.07, 6.45) is 3.81. The maximum Gasteiger partial charge on any atom is 0.300 e. The number of nitrogens with one attached hydrogen (secondary N) is 1. The molecule has 0 unspecified atom stereocenters. The second kappa shape index (κ2) is 6.42. The van der Waals surface area contributed by atoms with Crippen molar-refractivity contribution in [1.29, 1.82) is 0 Å². The van der Waals surface area contributed by atoms with Gasteiger partial charge in [0, 0.05) is 6.54 Å². The summed E-state index contributed by atoms with van der Waals surface area (Å²) < 4.78 is 5.82. The van der Waals surface area contributed by atoms with E-state index < -0.39 is 0 Å². The number of H-pyrrole nitrogens is 1. The van der Waals surface area contributed by atoms with Gasteiger partial charge >= 0.3 is 0 Å². The molecule has 1 aliphatic rings. The summed E-state index contributed by atoms with van der Waals surface area (Å²) in [5, 5.41) is 0. The van der Waals surface area contributed by atoms with Crippen LogP contribution in [0.1, 0.15) is 18.4 Å². The molecule has 4 nitrogen and oxygen atoms in total. The average molecular weight is 307 g/mol. The fraction of sp³-hybridized carbons (Fsp3) is 0.316. The second-order valence-electron chi connectivity index (χ2n) is 6.10. The predicted octanol–water partition coefficient (Wildman–Crippen LogP) is 3.99. The van der Waals surface area contributed by atoms with Crippen molar-refractivity contribution < 1.29 is 4.74 Å². The molecule has 0 aliphatic carbocycles. The highest BCUT2D eigenvalue weighted by Gasteiger charge is 2.11. The highest BCUT2D eigenvalue weighted by Crippen LogP contribution is 2.22. The van der Waals surface area contributed by atoms with Gasteiger partial charge in [-0.1, -0.05) is 24.3 Å². The van der Waals surface area contributed by atoms with Crippen LogP contribution in [0.15, 0.2) is 48.5 Å². The zero-order valence-corrected chi connectivity index (χ0v) is 13.2. The maximum atomic E-state index is 5.82. The molecule has 2 heterocycles. The molecule has 3 aromatic rings. The third-order valence-corrected chi connectivity index (χ3v) is 4.42. The first kappa shape index (κ1) is 14.3. The van der Waals surface area contributed by atoms with E-state index in [1.165, 1.54) is 31.5 Å². The first-order chi connectivity index (χ1) is 11.4. The summed E-state index contributed by atoms with van der Waals surface area (Å²) in [6, 6.07) is 16.8. The Kier molecular flexibility index (Phi) is 3.99. The summed E-state index contributed by atoms with van der Waals surface area (Å²) >= 11 is 0. The molecule has 1 aromatic heterocycles. The van der Waals surface area contributed by atoms with Crippen molar-refractivity contribution in [3.63, 3.8) is 0 Å². The van der Waals surface area contributed by atoms with Crippen LogP contribution in [0.2, 0.25) is 0 Å². The standard InChI is InChI=1S/C19H21N3O/c1-2-6-18-17(5-1)20-19(21-18)23-16-9-7-15(8-10-16)11-14-22-12-3-4-13-22/h1-2,5-10H,3-4,11-14H2,(H,20,21). The summed E-state index contributed by atoms with van der Waals surface area (Å²) in [5.74, 6) is 0.814. The third-order valence-electron chi connectivity index (χ3n) is 4.42. The van der Waals surface area contributed by atoms with Gasteiger partial charge in [-0.05, 0) is 62.2 Å². The van der Waals surface area contributed by atoms with Crippen LogP contribution in [-0.2, 0) is 6.42 Å². The minimum absolute atomic E-state index is 0.538. The van der Waals surface area contributed by atoms with Crippen molar-refractivity contribution in [2.24, 2.45) is 0 Å². The first-order valence-electron chi connectivity index (χ1n) is 8.31. The molecule has 4 rings (SSSR count). The van der Waals surface area contributed by atoms with Gasteiger partial charge in [0.15, 0.2) is 0 Å². The number of benzene rings is 2. The molecule has 0 spiro atoms. The van der Waals surface area contributed by atoms with Crippen LogP contribution in [0.25, 0.3) is 11.0 Å². The SMILES string of the molecule is c1ccc2[nH]c(Oc3ccc(CCN4CCCC4)cc3)nc2c1. The summed E-state index contributed by atoms with van der Waals surface area (Å²) in [4.78, 5) is 10.2. The number of ether oxygens (including phenoxy) is 1. The molecule has 0 atom stereocenters. The summed E-state index contributed by atoms with van der Waals surface area (Å²) in [7, 11) is 0. The van der Waals surface area contributed by atoms with Crippen LogP contribution < -0.4 is 4.74 Å². The highest BCUT2D eigenvalue weighted by atomic mass is 16.5. The van der Waals surface area contributed by atoms with Crippen molar-refractivity contribution in [2.45, 2.75) is 19.3 Å². The van der Waals surface area contributed by atoms with Gasteiger partial charge in [0.1, 0.15) is 5.75 Å². The van der Waals surface area contributed by atoms with Crippen molar-refractivity contribution in [2.75, 3.05) is 19.6 Å². The largest absolute Gasteiger partial charge is 0.426 e. The topological polar surface area (TPSA) is 41.1 Å². The lowest BCUT2D eigenvalue weighted by Gasteiger charge is -2.14. The van der Waals surface area contributed by atoms with Crippen LogP contribution in [0.4, 0.5) is 0 Å². The number of aromatic nitrogens is 2. The van der Waals surface area contributed by atoms with E-state index in [9.17, 15) is 0 Å². The summed E-state index contributed by atoms with van der Waals surface area (Å²) in [5.41, 5.74) is 3.27. The fourth-order valence-corrected chi connectivity index (χ4v) is 3.11. The molecule has 4 heteroatoms. The Balaban J connectivity index is 1.39. The van der Waals surface area contributed by atoms with Gasteiger partial charge in [-0.3, -0.25) is 0 Å². The van der Waals surface area contributed by atoms with Crippen LogP contribution >= 0.6 is 0 Å². The van der Waals surface area contributed by atoms with Crippen LogP contribution in [0, 0.1) is 0 Å². The molecule has 1 saturated heterocycles. The molecule has 1 aliphatic heterocycles. The molecule has 118 valence electrons. The molecular weight excluding hydrogens is 286 g/mol. The quantitative estimate of drug-likeness (QED) is 0.775. The van der Waals surface area contributed by atoms with Gasteiger partial charge in [-0.15, -0.1) is 0 Å². The number of para-hydroxylation sites is 2. The number of nitrogens with zero attached hydrogens (tertiary/aromatic N) is 2. The predicted molar refractivity (Wildman–Crippen MR) is 92.0 cm³/mol. The van der Waals surface area contributed by atoms with Gasteiger partial charge in [0.05, 0.1) is 11.0 Å². The van der Waals surface area contributed by atoms with E-state index in [0.717, 1.165) is 29.7 Å². The van der Waals surface area contributed by atoms with Crippen molar-refractivity contribution >= 4 is 11.0 Å². The lowest BCUT2D eigenvalue weighted by Crippen LogP contribution is -2.21. The molecule has 2 aromatic carbocycles. The molecule has 1 N–H and O–H groups in total. The van der Waals surface area contributed by atoms with Crippen molar-refractivity contribution in [1.82, 2.24) is 14.9 Å². The fourth-order valence-electron chi connectivity index (χ4n) is 3.11. The lowest BCUT2D eigenvalue weighted by molar-refractivity contribution is 0.343. The molecule has 1 fully saturated rings. The normalized spacial score (nSPS) is 15.3. The smallest absolute Gasteiger partial charge is 0.300 e. The van der Waals surface area contributed by atoms with Gasteiger partial charge in [0.2, 0.25) is 0 Å². The minimum atomic E-state index is 0.538. The Bertz CT molecular complexity index is 740. The van der Waals surface area contributed by atoms with E-state index in [-0.39, 0.29) is 0 Å². The van der Waals surface area contributed by atoms with Gasteiger partial charge in [-0.25, -0.2) is 0 Å². The van der Waals surface area contributed by atoms with Gasteiger partial charge in [0.25, 0.3) is 6.01 Å². The van der Waals surface area contributed by atoms with E-state index in [1.807, 2.05) is 36.4 Å². The number of rotatable bonds is 5. The van der Waals surface area contributed by atoms with E-state index in [1.54, 1.807) is 0 Å². The number of fused-ring (bicyclic) bond motifs is 1. The molecular formula is C19H21N3O. The molecule has 0 amide bonds. The summed E-state index contributed by atoms with van der Waals surface area (Å²) in [6.45, 7) is 3.67. The minimum Gasteiger partial charge on any atom is -0.426 e. The zero-order chi connectivity index (χ0) is 15.5. The average Bonchev–Trinajstić information content (AvgIpc) is 3.23. The Hall–Kier alpha value is -2.33. The molecule has 23 heavy (non-hydrogen) atoms. The third kappa shape index (κ3) is 3.37. The van der Waals surface area contributed by atoms with Gasteiger partial charge < -0.3 is 14.6 Å². The van der Waals surface area contributed by atoms with Crippen molar-refractivity contribution in [3.05, 3.63) is 54.1 Å². The van der Waals surface area contributed by atoms with E-state index in [4.69, 9.17) is 4.74 Å². The number of imidazole rings is 1. The number of hydrogen-bond acceptors (Lipinski definition) is 3. The molecule has 0 bridgehead atoms. The Labute approximate surface area is 136 Å². The Morgan fingerprint density at radius 2 is 1.78 bits per heavy atom. The zero-order valence-electron chi connectivity index (χ0n) is 13.2. The highest BCUT2D eigenvalue weighted by molar-refractivity contribution is 5.75. The van der Waals surface area contributed by atoms with Gasteiger partial charge in [-0.2, -0.15) is 4.98 Å². The molecule has 0 saturated carbocycles. The number of hydrogen-bond donors (Lipinski definition) is 1. The Morgan fingerprint density at radius 1 is 1.00 bits per heavy atom. The molecule has 0 radical (unpaired) electrons. The lowest BCUT2D eigenvalue weighted by atomic mass is 10.1. The number of aromatic amines is 1. The monoisotopic (exact) mass is 307 g/mol. The number of likely N-dealkylation sites (tertiary alicyclic amines) is 1. The van der Waals surface area contributed by atoms with Crippen LogP contribution in [0.5, 0.6) is 11.8 Å². The van der Waals surface area contributed by atoms with Crippen LogP contribution in [0.3, 0.4) is 0 Å². The Morgan fingerprint density at radius 3 is 2.57 bits per heavy atom.